The van der Waals surface area contributed by atoms with Crippen molar-refractivity contribution in [1.82, 2.24) is 15.4 Å². The third-order valence-corrected chi connectivity index (χ3v) is 3.16. The van der Waals surface area contributed by atoms with Gasteiger partial charge in [-0.05, 0) is 32.9 Å². The number of piperidine rings is 1. The highest BCUT2D eigenvalue weighted by Crippen LogP contribution is 2.08. The second-order valence-corrected chi connectivity index (χ2v) is 4.45. The van der Waals surface area contributed by atoms with Gasteiger partial charge in [-0.3, -0.25) is 4.79 Å². The van der Waals surface area contributed by atoms with Gasteiger partial charge in [0.15, 0.2) is 0 Å². The first-order valence-corrected chi connectivity index (χ1v) is 6.19. The molecule has 1 aliphatic heterocycles. The van der Waals surface area contributed by atoms with E-state index >= 15 is 0 Å². The summed E-state index contributed by atoms with van der Waals surface area (Å²) < 4.78 is 4.86. The number of amides is 1. The van der Waals surface area contributed by atoms with E-state index in [1.807, 2.05) is 0 Å². The molecule has 1 aliphatic rings. The van der Waals surface area contributed by atoms with E-state index in [0.29, 0.717) is 17.9 Å². The first kappa shape index (κ1) is 12.1. The van der Waals surface area contributed by atoms with Crippen molar-refractivity contribution < 1.29 is 9.32 Å². The average Bonchev–Trinajstić information content (AvgIpc) is 2.77. The van der Waals surface area contributed by atoms with Gasteiger partial charge in [-0.2, -0.15) is 0 Å². The first-order valence-electron chi connectivity index (χ1n) is 6.19. The van der Waals surface area contributed by atoms with Crippen molar-refractivity contribution in [3.63, 3.8) is 0 Å². The molecule has 0 bridgehead atoms. The zero-order chi connectivity index (χ0) is 12.1. The summed E-state index contributed by atoms with van der Waals surface area (Å²) in [5, 5.41) is 6.49. The van der Waals surface area contributed by atoms with Gasteiger partial charge in [-0.25, -0.2) is 0 Å². The molecule has 0 unspecified atom stereocenters. The van der Waals surface area contributed by atoms with Crippen molar-refractivity contribution in [3.8, 4) is 0 Å². The molecule has 5 nitrogen and oxygen atoms in total. The molecule has 1 fully saturated rings. The Morgan fingerprint density at radius 1 is 1.47 bits per heavy atom. The minimum atomic E-state index is -0.0965. The summed E-state index contributed by atoms with van der Waals surface area (Å²) in [5.74, 6) is 0.473. The molecule has 2 heterocycles. The van der Waals surface area contributed by atoms with Crippen LogP contribution in [0.4, 0.5) is 0 Å². The van der Waals surface area contributed by atoms with Gasteiger partial charge in [0.2, 0.25) is 0 Å². The Balaban J connectivity index is 1.71. The van der Waals surface area contributed by atoms with Crippen molar-refractivity contribution in [1.29, 1.82) is 0 Å². The van der Waals surface area contributed by atoms with Crippen LogP contribution in [0.25, 0.3) is 0 Å². The smallest absolute Gasteiger partial charge is 0.256 e. The second kappa shape index (κ2) is 5.82. The molecule has 1 saturated heterocycles. The molecule has 2 rings (SSSR count). The Morgan fingerprint density at radius 3 is 2.88 bits per heavy atom. The van der Waals surface area contributed by atoms with E-state index < -0.39 is 0 Å². The number of aromatic nitrogens is 1. The summed E-state index contributed by atoms with van der Waals surface area (Å²) in [5.41, 5.74) is 0.531. The molecule has 17 heavy (non-hydrogen) atoms. The van der Waals surface area contributed by atoms with Crippen LogP contribution < -0.4 is 5.32 Å². The number of nitrogens with one attached hydrogen (secondary N) is 1. The molecule has 1 aromatic rings. The molecular weight excluding hydrogens is 218 g/mol. The van der Waals surface area contributed by atoms with Crippen LogP contribution in [0, 0.1) is 6.92 Å². The van der Waals surface area contributed by atoms with E-state index in [1.54, 1.807) is 6.92 Å². The molecule has 0 spiro atoms. The van der Waals surface area contributed by atoms with Crippen molar-refractivity contribution in [3.05, 3.63) is 17.5 Å². The number of hydrogen-bond acceptors (Lipinski definition) is 4. The summed E-state index contributed by atoms with van der Waals surface area (Å²) >= 11 is 0. The van der Waals surface area contributed by atoms with E-state index in [2.05, 4.69) is 15.4 Å². The lowest BCUT2D eigenvalue weighted by Gasteiger charge is -2.26. The quantitative estimate of drug-likeness (QED) is 0.854. The summed E-state index contributed by atoms with van der Waals surface area (Å²) in [7, 11) is 0. The third-order valence-electron chi connectivity index (χ3n) is 3.16. The SMILES string of the molecule is Cc1oncc1C(=O)NCCN1CCCCC1. The van der Waals surface area contributed by atoms with E-state index in [-0.39, 0.29) is 5.91 Å². The van der Waals surface area contributed by atoms with E-state index in [0.717, 1.165) is 19.6 Å². The average molecular weight is 237 g/mol. The first-order chi connectivity index (χ1) is 8.27. The normalized spacial score (nSPS) is 17.0. The number of likely N-dealkylation sites (tertiary alicyclic amines) is 1. The van der Waals surface area contributed by atoms with Gasteiger partial charge in [-0.1, -0.05) is 11.6 Å². The zero-order valence-electron chi connectivity index (χ0n) is 10.2. The van der Waals surface area contributed by atoms with Crippen molar-refractivity contribution in [2.24, 2.45) is 0 Å². The number of hydrogen-bond donors (Lipinski definition) is 1. The fraction of sp³-hybridized carbons (Fsp3) is 0.667. The van der Waals surface area contributed by atoms with Gasteiger partial charge in [0, 0.05) is 13.1 Å². The highest BCUT2D eigenvalue weighted by atomic mass is 16.5. The van der Waals surface area contributed by atoms with Crippen LogP contribution in [-0.4, -0.2) is 42.1 Å². The molecule has 1 amide bonds. The second-order valence-electron chi connectivity index (χ2n) is 4.45. The van der Waals surface area contributed by atoms with Crippen LogP contribution in [0.3, 0.4) is 0 Å². The highest BCUT2D eigenvalue weighted by molar-refractivity contribution is 5.94. The van der Waals surface area contributed by atoms with Gasteiger partial charge in [-0.15, -0.1) is 0 Å². The van der Waals surface area contributed by atoms with E-state index in [9.17, 15) is 4.79 Å². The molecule has 0 atom stereocenters. The lowest BCUT2D eigenvalue weighted by Crippen LogP contribution is -2.37. The van der Waals surface area contributed by atoms with E-state index in [1.165, 1.54) is 25.5 Å². The van der Waals surface area contributed by atoms with Crippen LogP contribution >= 0.6 is 0 Å². The molecule has 5 heteroatoms. The maximum Gasteiger partial charge on any atom is 0.256 e. The molecule has 1 aromatic heterocycles. The Morgan fingerprint density at radius 2 is 2.24 bits per heavy atom. The summed E-state index contributed by atoms with van der Waals surface area (Å²) in [4.78, 5) is 14.1. The maximum atomic E-state index is 11.7. The Hall–Kier alpha value is -1.36. The van der Waals surface area contributed by atoms with E-state index in [4.69, 9.17) is 4.52 Å². The number of rotatable bonds is 4. The molecule has 0 radical (unpaired) electrons. The Labute approximate surface area is 101 Å². The highest BCUT2D eigenvalue weighted by Gasteiger charge is 2.13. The maximum absolute atomic E-state index is 11.7. The molecular formula is C12H19N3O2. The minimum absolute atomic E-state index is 0.0965. The number of aryl methyl sites for hydroxylation is 1. The van der Waals surface area contributed by atoms with Gasteiger partial charge in [0.05, 0.1) is 6.20 Å². The number of carbonyl (C=O) groups is 1. The lowest BCUT2D eigenvalue weighted by atomic mass is 10.1. The van der Waals surface area contributed by atoms with Gasteiger partial charge in [0.25, 0.3) is 5.91 Å². The molecule has 0 saturated carbocycles. The van der Waals surface area contributed by atoms with Crippen LogP contribution in [0.1, 0.15) is 35.4 Å². The third kappa shape index (κ3) is 3.30. The zero-order valence-corrected chi connectivity index (χ0v) is 10.2. The monoisotopic (exact) mass is 237 g/mol. The summed E-state index contributed by atoms with van der Waals surface area (Å²) in [6.07, 6.45) is 5.35. The van der Waals surface area contributed by atoms with Crippen molar-refractivity contribution >= 4 is 5.91 Å². The largest absolute Gasteiger partial charge is 0.361 e. The van der Waals surface area contributed by atoms with Crippen LogP contribution in [0.15, 0.2) is 10.7 Å². The summed E-state index contributed by atoms with van der Waals surface area (Å²) in [6, 6.07) is 0. The van der Waals surface area contributed by atoms with Gasteiger partial charge in [0.1, 0.15) is 11.3 Å². The van der Waals surface area contributed by atoms with Crippen LogP contribution in [0.5, 0.6) is 0 Å². The van der Waals surface area contributed by atoms with Crippen molar-refractivity contribution in [2.45, 2.75) is 26.2 Å². The summed E-state index contributed by atoms with van der Waals surface area (Å²) in [6.45, 7) is 5.66. The Kier molecular flexibility index (Phi) is 4.14. The molecule has 0 aliphatic carbocycles. The predicted octanol–water partition coefficient (Wildman–Crippen LogP) is 1.20. The number of nitrogens with zero attached hydrogens (tertiary/aromatic N) is 2. The standard InChI is InChI=1S/C12H19N3O2/c1-10-11(9-14-17-10)12(16)13-5-8-15-6-3-2-4-7-15/h9H,2-8H2,1H3,(H,13,16). The molecule has 94 valence electrons. The number of carbonyl (C=O) groups excluding carboxylic acids is 1. The van der Waals surface area contributed by atoms with Gasteiger partial charge >= 0.3 is 0 Å². The predicted molar refractivity (Wildman–Crippen MR) is 63.9 cm³/mol. The lowest BCUT2D eigenvalue weighted by molar-refractivity contribution is 0.0945. The van der Waals surface area contributed by atoms with Crippen LogP contribution in [0.2, 0.25) is 0 Å². The van der Waals surface area contributed by atoms with Gasteiger partial charge < -0.3 is 14.7 Å². The Bertz CT molecular complexity index is 370. The molecule has 1 N–H and O–H groups in total. The van der Waals surface area contributed by atoms with Crippen molar-refractivity contribution in [2.75, 3.05) is 26.2 Å². The minimum Gasteiger partial charge on any atom is -0.361 e. The van der Waals surface area contributed by atoms with Crippen LogP contribution in [-0.2, 0) is 0 Å². The fourth-order valence-electron chi connectivity index (χ4n) is 2.12. The fourth-order valence-corrected chi connectivity index (χ4v) is 2.12. The molecule has 0 aromatic carbocycles. The topological polar surface area (TPSA) is 58.4 Å².